The number of hydrogen-bond donors (Lipinski definition) is 1. The van der Waals surface area contributed by atoms with Crippen LogP contribution < -0.4 is 5.32 Å². The summed E-state index contributed by atoms with van der Waals surface area (Å²) < 4.78 is 0. The summed E-state index contributed by atoms with van der Waals surface area (Å²) in [4.78, 5) is 4.41. The van der Waals surface area contributed by atoms with Crippen LogP contribution in [0.3, 0.4) is 0 Å². The number of benzene rings is 1. The van der Waals surface area contributed by atoms with Crippen molar-refractivity contribution in [2.45, 2.75) is 38.5 Å². The maximum absolute atomic E-state index is 4.41. The first-order chi connectivity index (χ1) is 9.25. The molecule has 0 spiro atoms. The van der Waals surface area contributed by atoms with Gasteiger partial charge in [0.15, 0.2) is 0 Å². The summed E-state index contributed by atoms with van der Waals surface area (Å²) in [6.45, 7) is 6.76. The zero-order chi connectivity index (χ0) is 13.2. The molecular formula is C17H22N2. The van der Waals surface area contributed by atoms with E-state index in [9.17, 15) is 0 Å². The van der Waals surface area contributed by atoms with Crippen LogP contribution in [-0.2, 0) is 0 Å². The molecule has 0 unspecified atom stereocenters. The third-order valence-electron chi connectivity index (χ3n) is 4.25. The molecule has 2 aromatic rings. The number of aromatic nitrogens is 1. The minimum atomic E-state index is 0.529. The zero-order valence-electron chi connectivity index (χ0n) is 11.8. The third-order valence-corrected chi connectivity index (χ3v) is 4.25. The highest BCUT2D eigenvalue weighted by Crippen LogP contribution is 2.30. The highest BCUT2D eigenvalue weighted by molar-refractivity contribution is 5.85. The molecule has 0 saturated carbocycles. The molecule has 0 atom stereocenters. The minimum Gasteiger partial charge on any atom is -0.317 e. The monoisotopic (exact) mass is 254 g/mol. The first-order valence-corrected chi connectivity index (χ1v) is 7.34. The van der Waals surface area contributed by atoms with E-state index in [1.165, 1.54) is 34.7 Å². The number of nitrogens with zero attached hydrogens (tertiary/aromatic N) is 1. The van der Waals surface area contributed by atoms with E-state index in [-0.39, 0.29) is 0 Å². The van der Waals surface area contributed by atoms with Crippen molar-refractivity contribution in [3.05, 3.63) is 41.7 Å². The van der Waals surface area contributed by atoms with Crippen LogP contribution in [0.4, 0.5) is 0 Å². The lowest BCUT2D eigenvalue weighted by atomic mass is 9.88. The molecule has 1 aromatic heterocycles. The zero-order valence-corrected chi connectivity index (χ0v) is 11.8. The van der Waals surface area contributed by atoms with Gasteiger partial charge in [0, 0.05) is 17.8 Å². The van der Waals surface area contributed by atoms with Crippen molar-refractivity contribution in [1.29, 1.82) is 0 Å². The lowest BCUT2D eigenvalue weighted by molar-refractivity contribution is 0.460. The normalized spacial score (nSPS) is 17.2. The van der Waals surface area contributed by atoms with Crippen LogP contribution in [0.15, 0.2) is 30.6 Å². The predicted octanol–water partition coefficient (Wildman–Crippen LogP) is 3.83. The van der Waals surface area contributed by atoms with E-state index in [1.54, 1.807) is 0 Å². The van der Waals surface area contributed by atoms with Crippen LogP contribution in [0.5, 0.6) is 0 Å². The fourth-order valence-corrected chi connectivity index (χ4v) is 3.09. The van der Waals surface area contributed by atoms with Crippen LogP contribution in [0, 0.1) is 0 Å². The van der Waals surface area contributed by atoms with Crippen LogP contribution in [-0.4, -0.2) is 18.1 Å². The van der Waals surface area contributed by atoms with Crippen molar-refractivity contribution >= 4 is 10.8 Å². The van der Waals surface area contributed by atoms with Gasteiger partial charge in [-0.05, 0) is 60.3 Å². The van der Waals surface area contributed by atoms with Crippen molar-refractivity contribution < 1.29 is 0 Å². The van der Waals surface area contributed by atoms with Gasteiger partial charge < -0.3 is 5.32 Å². The van der Waals surface area contributed by atoms with Crippen molar-refractivity contribution in [1.82, 2.24) is 10.3 Å². The summed E-state index contributed by atoms with van der Waals surface area (Å²) in [6.07, 6.45) is 6.52. The van der Waals surface area contributed by atoms with E-state index in [4.69, 9.17) is 0 Å². The molecule has 1 fully saturated rings. The third kappa shape index (κ3) is 2.50. The molecule has 19 heavy (non-hydrogen) atoms. The molecule has 100 valence electrons. The molecular weight excluding hydrogens is 232 g/mol. The average molecular weight is 254 g/mol. The van der Waals surface area contributed by atoms with E-state index in [1.807, 2.05) is 12.4 Å². The Morgan fingerprint density at radius 3 is 2.68 bits per heavy atom. The molecule has 2 heteroatoms. The van der Waals surface area contributed by atoms with Gasteiger partial charge in [-0.25, -0.2) is 0 Å². The van der Waals surface area contributed by atoms with Crippen molar-refractivity contribution in [2.75, 3.05) is 13.1 Å². The van der Waals surface area contributed by atoms with Gasteiger partial charge in [0.05, 0.1) is 0 Å². The Kier molecular flexibility index (Phi) is 3.52. The first-order valence-electron chi connectivity index (χ1n) is 7.34. The van der Waals surface area contributed by atoms with Gasteiger partial charge in [-0.1, -0.05) is 26.0 Å². The van der Waals surface area contributed by atoms with E-state index >= 15 is 0 Å². The lowest BCUT2D eigenvalue weighted by Gasteiger charge is -2.23. The number of rotatable bonds is 2. The predicted molar refractivity (Wildman–Crippen MR) is 80.7 cm³/mol. The van der Waals surface area contributed by atoms with E-state index in [2.05, 4.69) is 42.3 Å². The number of nitrogens with one attached hydrogen (secondary N) is 1. The van der Waals surface area contributed by atoms with E-state index < -0.39 is 0 Å². The topological polar surface area (TPSA) is 24.9 Å². The summed E-state index contributed by atoms with van der Waals surface area (Å²) in [5, 5.41) is 6.09. The summed E-state index contributed by atoms with van der Waals surface area (Å²) in [5.41, 5.74) is 2.84. The molecule has 0 amide bonds. The van der Waals surface area contributed by atoms with Crippen molar-refractivity contribution in [3.63, 3.8) is 0 Å². The SMILES string of the molecule is CC(C)c1cncc2cc(C3CCNCC3)ccc12. The van der Waals surface area contributed by atoms with Gasteiger partial charge in [-0.15, -0.1) is 0 Å². The minimum absolute atomic E-state index is 0.529. The molecule has 2 nitrogen and oxygen atoms in total. The Hall–Kier alpha value is -1.41. The molecule has 1 N–H and O–H groups in total. The largest absolute Gasteiger partial charge is 0.317 e. The Morgan fingerprint density at radius 2 is 1.95 bits per heavy atom. The fraction of sp³-hybridized carbons (Fsp3) is 0.471. The van der Waals surface area contributed by atoms with Crippen molar-refractivity contribution in [3.8, 4) is 0 Å². The number of pyridine rings is 1. The lowest BCUT2D eigenvalue weighted by Crippen LogP contribution is -2.26. The number of hydrogen-bond acceptors (Lipinski definition) is 2. The smallest absolute Gasteiger partial charge is 0.0346 e. The molecule has 1 saturated heterocycles. The maximum Gasteiger partial charge on any atom is 0.0346 e. The molecule has 1 aromatic carbocycles. The molecule has 2 heterocycles. The van der Waals surface area contributed by atoms with E-state index in [0.717, 1.165) is 13.1 Å². The number of fused-ring (bicyclic) bond motifs is 1. The van der Waals surface area contributed by atoms with Gasteiger partial charge in [0.25, 0.3) is 0 Å². The Bertz CT molecular complexity index is 568. The maximum atomic E-state index is 4.41. The summed E-state index contributed by atoms with van der Waals surface area (Å²) in [6, 6.07) is 6.97. The summed E-state index contributed by atoms with van der Waals surface area (Å²) in [5.74, 6) is 1.24. The molecule has 1 aliphatic heterocycles. The van der Waals surface area contributed by atoms with E-state index in [0.29, 0.717) is 11.8 Å². The first kappa shape index (κ1) is 12.6. The molecule has 0 radical (unpaired) electrons. The Labute approximate surface area is 115 Å². The Balaban J connectivity index is 2.01. The van der Waals surface area contributed by atoms with Gasteiger partial charge in [0.2, 0.25) is 0 Å². The highest BCUT2D eigenvalue weighted by atomic mass is 14.9. The quantitative estimate of drug-likeness (QED) is 0.881. The second-order valence-corrected chi connectivity index (χ2v) is 5.89. The molecule has 0 bridgehead atoms. The van der Waals surface area contributed by atoms with Crippen LogP contribution in [0.2, 0.25) is 0 Å². The fourth-order valence-electron chi connectivity index (χ4n) is 3.09. The van der Waals surface area contributed by atoms with Gasteiger partial charge in [-0.3, -0.25) is 4.98 Å². The average Bonchev–Trinajstić information content (AvgIpc) is 2.47. The summed E-state index contributed by atoms with van der Waals surface area (Å²) >= 11 is 0. The van der Waals surface area contributed by atoms with Gasteiger partial charge in [0.1, 0.15) is 0 Å². The van der Waals surface area contributed by atoms with Crippen LogP contribution in [0.1, 0.15) is 49.7 Å². The second kappa shape index (κ2) is 5.30. The van der Waals surface area contributed by atoms with Gasteiger partial charge in [-0.2, -0.15) is 0 Å². The second-order valence-electron chi connectivity index (χ2n) is 5.89. The molecule has 3 rings (SSSR count). The van der Waals surface area contributed by atoms with Crippen LogP contribution >= 0.6 is 0 Å². The van der Waals surface area contributed by atoms with Gasteiger partial charge >= 0.3 is 0 Å². The molecule has 1 aliphatic rings. The van der Waals surface area contributed by atoms with Crippen LogP contribution in [0.25, 0.3) is 10.8 Å². The Morgan fingerprint density at radius 1 is 1.16 bits per heavy atom. The summed E-state index contributed by atoms with van der Waals surface area (Å²) in [7, 11) is 0. The molecule has 0 aliphatic carbocycles. The number of piperidine rings is 1. The highest BCUT2D eigenvalue weighted by Gasteiger charge is 2.16. The standard InChI is InChI=1S/C17H22N2/c1-12(2)17-11-19-10-15-9-14(3-4-16(15)17)13-5-7-18-8-6-13/h3-4,9-13,18H,5-8H2,1-2H3. The van der Waals surface area contributed by atoms with Crippen molar-refractivity contribution in [2.24, 2.45) is 0 Å².